The van der Waals surface area contributed by atoms with E-state index in [1.165, 1.54) is 0 Å². The lowest BCUT2D eigenvalue weighted by Crippen LogP contribution is -2.36. The molecule has 2 aliphatic heterocycles. The van der Waals surface area contributed by atoms with E-state index in [0.29, 0.717) is 41.7 Å². The topological polar surface area (TPSA) is 103 Å². The summed E-state index contributed by atoms with van der Waals surface area (Å²) < 4.78 is 16.3. The molecule has 2 unspecified atom stereocenters. The Kier molecular flexibility index (Phi) is 4.36. The zero-order chi connectivity index (χ0) is 19.8. The van der Waals surface area contributed by atoms with Crippen LogP contribution in [0.15, 0.2) is 47.2 Å². The zero-order valence-corrected chi connectivity index (χ0v) is 15.7. The van der Waals surface area contributed by atoms with Crippen molar-refractivity contribution in [2.75, 3.05) is 20.4 Å². The molecule has 148 valence electrons. The Morgan fingerprint density at radius 2 is 2.00 bits per heavy atom. The van der Waals surface area contributed by atoms with Crippen molar-refractivity contribution in [1.29, 1.82) is 0 Å². The summed E-state index contributed by atoms with van der Waals surface area (Å²) in [7, 11) is 1.98. The number of hydrogen-bond donors (Lipinski definition) is 1. The van der Waals surface area contributed by atoms with Gasteiger partial charge in [-0.2, -0.15) is 4.98 Å². The van der Waals surface area contributed by atoms with Gasteiger partial charge >= 0.3 is 0 Å². The van der Waals surface area contributed by atoms with Crippen molar-refractivity contribution in [2.24, 2.45) is 0 Å². The van der Waals surface area contributed by atoms with Gasteiger partial charge in [-0.3, -0.25) is 14.7 Å². The number of ether oxygens (including phenoxy) is 2. The third-order valence-corrected chi connectivity index (χ3v) is 5.18. The standard InChI is InChI=1S/C20H19N5O4/c1-25-10-14(22-19(26)12-4-6-21-7-5-12)9-15(25)20-23-18(24-29-20)13-2-3-16-17(8-13)28-11-27-16/h2-8,14-15H,9-11H2,1H3,(H,22,26). The number of nitrogens with one attached hydrogen (secondary N) is 1. The summed E-state index contributed by atoms with van der Waals surface area (Å²) >= 11 is 0. The summed E-state index contributed by atoms with van der Waals surface area (Å²) in [5.74, 6) is 2.29. The summed E-state index contributed by atoms with van der Waals surface area (Å²) in [6.45, 7) is 0.916. The average Bonchev–Trinajstić information content (AvgIpc) is 3.47. The fraction of sp³-hybridized carbons (Fsp3) is 0.300. The molecule has 0 aliphatic carbocycles. The van der Waals surface area contributed by atoms with E-state index in [4.69, 9.17) is 14.0 Å². The Morgan fingerprint density at radius 3 is 2.86 bits per heavy atom. The Balaban J connectivity index is 1.29. The second-order valence-electron chi connectivity index (χ2n) is 7.12. The van der Waals surface area contributed by atoms with Crippen LogP contribution in [0.3, 0.4) is 0 Å². The minimum Gasteiger partial charge on any atom is -0.454 e. The number of amides is 1. The number of fused-ring (bicyclic) bond motifs is 1. The molecule has 0 radical (unpaired) electrons. The predicted octanol–water partition coefficient (Wildman–Crippen LogP) is 2.04. The van der Waals surface area contributed by atoms with Crippen LogP contribution in [-0.4, -0.2) is 52.4 Å². The number of hydrogen-bond acceptors (Lipinski definition) is 8. The molecule has 2 atom stereocenters. The molecule has 1 aromatic carbocycles. The quantitative estimate of drug-likeness (QED) is 0.718. The Hall–Kier alpha value is -3.46. The van der Waals surface area contributed by atoms with Gasteiger partial charge < -0.3 is 19.3 Å². The lowest BCUT2D eigenvalue weighted by molar-refractivity contribution is 0.0938. The number of aromatic nitrogens is 3. The molecule has 2 aliphatic rings. The zero-order valence-electron chi connectivity index (χ0n) is 15.7. The Labute approximate surface area is 166 Å². The molecule has 1 saturated heterocycles. The van der Waals surface area contributed by atoms with Crippen LogP contribution in [0.25, 0.3) is 11.4 Å². The molecule has 29 heavy (non-hydrogen) atoms. The fourth-order valence-electron chi connectivity index (χ4n) is 3.69. The van der Waals surface area contributed by atoms with Gasteiger partial charge in [-0.1, -0.05) is 5.16 Å². The van der Waals surface area contributed by atoms with E-state index in [2.05, 4.69) is 25.3 Å². The predicted molar refractivity (Wildman–Crippen MR) is 101 cm³/mol. The van der Waals surface area contributed by atoms with Crippen LogP contribution in [0.5, 0.6) is 11.5 Å². The van der Waals surface area contributed by atoms with Crippen molar-refractivity contribution in [3.63, 3.8) is 0 Å². The minimum absolute atomic E-state index is 0.00782. The number of carbonyl (C=O) groups is 1. The van der Waals surface area contributed by atoms with Gasteiger partial charge in [0.25, 0.3) is 5.91 Å². The second kappa shape index (κ2) is 7.17. The Morgan fingerprint density at radius 1 is 1.17 bits per heavy atom. The minimum atomic E-state index is -0.113. The van der Waals surface area contributed by atoms with Gasteiger partial charge in [0.05, 0.1) is 6.04 Å². The number of rotatable bonds is 4. The molecule has 0 spiro atoms. The van der Waals surface area contributed by atoms with Crippen molar-refractivity contribution >= 4 is 5.91 Å². The number of nitrogens with zero attached hydrogens (tertiary/aromatic N) is 4. The highest BCUT2D eigenvalue weighted by molar-refractivity contribution is 5.94. The fourth-order valence-corrected chi connectivity index (χ4v) is 3.69. The molecule has 1 N–H and O–H groups in total. The van der Waals surface area contributed by atoms with Gasteiger partial charge in [-0.15, -0.1) is 0 Å². The normalized spacial score (nSPS) is 20.7. The largest absolute Gasteiger partial charge is 0.454 e. The number of benzene rings is 1. The maximum Gasteiger partial charge on any atom is 0.251 e. The maximum absolute atomic E-state index is 12.4. The highest BCUT2D eigenvalue weighted by Gasteiger charge is 2.35. The van der Waals surface area contributed by atoms with Crippen LogP contribution >= 0.6 is 0 Å². The van der Waals surface area contributed by atoms with E-state index in [-0.39, 0.29) is 24.8 Å². The van der Waals surface area contributed by atoms with Crippen LogP contribution in [0, 0.1) is 0 Å². The van der Waals surface area contributed by atoms with Crippen LogP contribution in [0.2, 0.25) is 0 Å². The molecular weight excluding hydrogens is 374 g/mol. The molecule has 9 nitrogen and oxygen atoms in total. The first-order valence-electron chi connectivity index (χ1n) is 9.32. The Bertz CT molecular complexity index is 1040. The number of likely N-dealkylation sites (N-methyl/N-ethyl adjacent to an activating group) is 1. The summed E-state index contributed by atoms with van der Waals surface area (Å²) in [5, 5.41) is 7.18. The monoisotopic (exact) mass is 393 g/mol. The van der Waals surface area contributed by atoms with Gasteiger partial charge in [-0.05, 0) is 43.8 Å². The van der Waals surface area contributed by atoms with E-state index in [1.807, 2.05) is 25.2 Å². The van der Waals surface area contributed by atoms with Gasteiger partial charge in [0, 0.05) is 36.1 Å². The summed E-state index contributed by atoms with van der Waals surface area (Å²) in [4.78, 5) is 23.0. The van der Waals surface area contributed by atoms with E-state index in [0.717, 1.165) is 5.56 Å². The average molecular weight is 393 g/mol. The van der Waals surface area contributed by atoms with E-state index in [9.17, 15) is 4.79 Å². The van der Waals surface area contributed by atoms with Crippen molar-refractivity contribution < 1.29 is 18.8 Å². The highest BCUT2D eigenvalue weighted by atomic mass is 16.7. The van der Waals surface area contributed by atoms with Crippen molar-refractivity contribution in [2.45, 2.75) is 18.5 Å². The first kappa shape index (κ1) is 17.6. The second-order valence-corrected chi connectivity index (χ2v) is 7.12. The van der Waals surface area contributed by atoms with Crippen molar-refractivity contribution in [1.82, 2.24) is 25.3 Å². The van der Waals surface area contributed by atoms with E-state index >= 15 is 0 Å². The lowest BCUT2D eigenvalue weighted by Gasteiger charge is -2.14. The molecule has 1 amide bonds. The summed E-state index contributed by atoms with van der Waals surface area (Å²) in [6, 6.07) is 8.87. The van der Waals surface area contributed by atoms with Gasteiger partial charge in [0.2, 0.25) is 18.5 Å². The molecular formula is C20H19N5O4. The first-order valence-corrected chi connectivity index (χ1v) is 9.32. The van der Waals surface area contributed by atoms with Gasteiger partial charge in [-0.25, -0.2) is 0 Å². The van der Waals surface area contributed by atoms with Crippen molar-refractivity contribution in [3.05, 3.63) is 54.2 Å². The molecule has 0 saturated carbocycles. The molecule has 2 aromatic heterocycles. The van der Waals surface area contributed by atoms with Crippen molar-refractivity contribution in [3.8, 4) is 22.9 Å². The molecule has 0 bridgehead atoms. The third-order valence-electron chi connectivity index (χ3n) is 5.18. The van der Waals surface area contributed by atoms with E-state index in [1.54, 1.807) is 24.5 Å². The van der Waals surface area contributed by atoms with Crippen LogP contribution in [-0.2, 0) is 0 Å². The van der Waals surface area contributed by atoms with Gasteiger partial charge in [0.1, 0.15) is 0 Å². The SMILES string of the molecule is CN1CC(NC(=O)c2ccncc2)CC1c1nc(-c2ccc3c(c2)OCO3)no1. The molecule has 5 rings (SSSR count). The first-order chi connectivity index (χ1) is 14.2. The van der Waals surface area contributed by atoms with Crippen LogP contribution in [0.4, 0.5) is 0 Å². The molecule has 3 aromatic rings. The highest BCUT2D eigenvalue weighted by Crippen LogP contribution is 2.36. The summed E-state index contributed by atoms with van der Waals surface area (Å²) in [5.41, 5.74) is 1.39. The van der Waals surface area contributed by atoms with Gasteiger partial charge in [0.15, 0.2) is 11.5 Å². The van der Waals surface area contributed by atoms with Crippen LogP contribution < -0.4 is 14.8 Å². The molecule has 4 heterocycles. The lowest BCUT2D eigenvalue weighted by atomic mass is 10.1. The smallest absolute Gasteiger partial charge is 0.251 e. The summed E-state index contributed by atoms with van der Waals surface area (Å²) in [6.07, 6.45) is 3.90. The number of pyridine rings is 1. The number of likely N-dealkylation sites (tertiary alicyclic amines) is 1. The number of carbonyl (C=O) groups excluding carboxylic acids is 1. The third kappa shape index (κ3) is 3.40. The van der Waals surface area contributed by atoms with Crippen LogP contribution in [0.1, 0.15) is 28.7 Å². The van der Waals surface area contributed by atoms with E-state index < -0.39 is 0 Å². The molecule has 1 fully saturated rings. The maximum atomic E-state index is 12.4. The molecule has 9 heteroatoms.